The van der Waals surface area contributed by atoms with Crippen LogP contribution in [0.1, 0.15) is 12.8 Å². The van der Waals surface area contributed by atoms with Crippen molar-refractivity contribution in [3.63, 3.8) is 0 Å². The number of carbonyl (C=O) groups is 2. The number of halogens is 1. The molecular weight excluding hydrogens is 268 g/mol. The second-order valence-corrected chi connectivity index (χ2v) is 4.69. The van der Waals surface area contributed by atoms with Crippen molar-refractivity contribution in [2.24, 2.45) is 0 Å². The summed E-state index contributed by atoms with van der Waals surface area (Å²) in [7, 11) is 0. The maximum absolute atomic E-state index is 11.6. The van der Waals surface area contributed by atoms with Crippen LogP contribution in [0.5, 0.6) is 5.75 Å². The third-order valence-corrected chi connectivity index (χ3v) is 3.05. The molecule has 0 aliphatic carbocycles. The summed E-state index contributed by atoms with van der Waals surface area (Å²) in [6, 6.07) is 6.61. The molecule has 1 saturated heterocycles. The van der Waals surface area contributed by atoms with E-state index in [9.17, 15) is 9.59 Å². The Morgan fingerprint density at radius 3 is 2.79 bits per heavy atom. The Hall–Kier alpha value is -1.75. The van der Waals surface area contributed by atoms with Crippen molar-refractivity contribution in [1.29, 1.82) is 0 Å². The van der Waals surface area contributed by atoms with Crippen molar-refractivity contribution in [3.05, 3.63) is 29.3 Å². The van der Waals surface area contributed by atoms with Gasteiger partial charge in [-0.3, -0.25) is 9.59 Å². The molecule has 1 fully saturated rings. The molecule has 1 aliphatic rings. The van der Waals surface area contributed by atoms with Crippen molar-refractivity contribution in [3.8, 4) is 5.75 Å². The Bertz CT molecular complexity index is 461. The molecule has 6 heteroatoms. The molecule has 5 nitrogen and oxygen atoms in total. The largest absolute Gasteiger partial charge is 0.492 e. The predicted octanol–water partition coefficient (Wildman–Crippen LogP) is 1.11. The minimum Gasteiger partial charge on any atom is -0.492 e. The second-order valence-electron chi connectivity index (χ2n) is 4.25. The van der Waals surface area contributed by atoms with Gasteiger partial charge >= 0.3 is 0 Å². The zero-order chi connectivity index (χ0) is 13.7. The summed E-state index contributed by atoms with van der Waals surface area (Å²) in [6.45, 7) is 0.766. The van der Waals surface area contributed by atoms with Gasteiger partial charge in [0.1, 0.15) is 18.4 Å². The van der Waals surface area contributed by atoms with Gasteiger partial charge in [-0.15, -0.1) is 0 Å². The Morgan fingerprint density at radius 1 is 1.42 bits per heavy atom. The fraction of sp³-hybridized carbons (Fsp3) is 0.385. The highest BCUT2D eigenvalue weighted by Gasteiger charge is 2.26. The predicted molar refractivity (Wildman–Crippen MR) is 71.1 cm³/mol. The van der Waals surface area contributed by atoms with Crippen LogP contribution in [0.2, 0.25) is 5.02 Å². The standard InChI is InChI=1S/C13H15ClN2O3/c14-9-1-3-10(4-2-9)19-8-7-15-13(18)11-5-6-12(17)16-11/h1-4,11H,5-8H2,(H,15,18)(H,16,17)/t11-/m1/s1. The first-order valence-electron chi connectivity index (χ1n) is 6.10. The Balaban J connectivity index is 1.65. The van der Waals surface area contributed by atoms with E-state index >= 15 is 0 Å². The number of ether oxygens (including phenoxy) is 1. The van der Waals surface area contributed by atoms with Crippen molar-refractivity contribution >= 4 is 23.4 Å². The molecule has 2 amide bonds. The molecule has 2 rings (SSSR count). The van der Waals surface area contributed by atoms with Crippen LogP contribution < -0.4 is 15.4 Å². The van der Waals surface area contributed by atoms with Crippen molar-refractivity contribution in [1.82, 2.24) is 10.6 Å². The monoisotopic (exact) mass is 282 g/mol. The molecule has 0 spiro atoms. The summed E-state index contributed by atoms with van der Waals surface area (Å²) >= 11 is 5.75. The molecule has 1 aliphatic heterocycles. The van der Waals surface area contributed by atoms with Crippen LogP contribution in [0.3, 0.4) is 0 Å². The summed E-state index contributed by atoms with van der Waals surface area (Å²) in [5.74, 6) is 0.468. The fourth-order valence-corrected chi connectivity index (χ4v) is 1.93. The number of hydrogen-bond donors (Lipinski definition) is 2. The average molecular weight is 283 g/mol. The van der Waals surface area contributed by atoms with Gasteiger partial charge in [-0.1, -0.05) is 11.6 Å². The molecule has 0 unspecified atom stereocenters. The van der Waals surface area contributed by atoms with E-state index in [4.69, 9.17) is 16.3 Å². The van der Waals surface area contributed by atoms with Crippen molar-refractivity contribution < 1.29 is 14.3 Å². The third kappa shape index (κ3) is 4.13. The molecule has 1 atom stereocenters. The minimum absolute atomic E-state index is 0.0717. The lowest BCUT2D eigenvalue weighted by Gasteiger charge is -2.11. The molecule has 2 N–H and O–H groups in total. The molecule has 1 heterocycles. The van der Waals surface area contributed by atoms with E-state index in [0.29, 0.717) is 36.8 Å². The van der Waals surface area contributed by atoms with Crippen LogP contribution in [-0.2, 0) is 9.59 Å². The minimum atomic E-state index is -0.400. The molecule has 1 aromatic carbocycles. The first-order valence-corrected chi connectivity index (χ1v) is 6.48. The van der Waals surface area contributed by atoms with Gasteiger partial charge in [0.25, 0.3) is 0 Å². The first kappa shape index (κ1) is 13.7. The van der Waals surface area contributed by atoms with E-state index in [0.717, 1.165) is 0 Å². The third-order valence-electron chi connectivity index (χ3n) is 2.80. The van der Waals surface area contributed by atoms with Crippen LogP contribution in [0.25, 0.3) is 0 Å². The van der Waals surface area contributed by atoms with Crippen LogP contribution in [-0.4, -0.2) is 31.0 Å². The van der Waals surface area contributed by atoms with E-state index in [-0.39, 0.29) is 11.8 Å². The Kier molecular flexibility index (Phi) is 4.63. The quantitative estimate of drug-likeness (QED) is 0.795. The van der Waals surface area contributed by atoms with E-state index < -0.39 is 6.04 Å². The summed E-state index contributed by atoms with van der Waals surface area (Å²) in [6.07, 6.45) is 0.974. The summed E-state index contributed by atoms with van der Waals surface area (Å²) < 4.78 is 5.43. The van der Waals surface area contributed by atoms with Crippen molar-refractivity contribution in [2.45, 2.75) is 18.9 Å². The molecule has 0 bridgehead atoms. The maximum atomic E-state index is 11.6. The highest BCUT2D eigenvalue weighted by molar-refractivity contribution is 6.30. The molecule has 1 aromatic rings. The van der Waals surface area contributed by atoms with Gasteiger partial charge < -0.3 is 15.4 Å². The van der Waals surface area contributed by atoms with Gasteiger partial charge in [-0.05, 0) is 30.7 Å². The van der Waals surface area contributed by atoms with Crippen LogP contribution in [0.15, 0.2) is 24.3 Å². The summed E-state index contributed by atoms with van der Waals surface area (Å²) in [5, 5.41) is 5.98. The van der Waals surface area contributed by atoms with E-state index in [1.165, 1.54) is 0 Å². The topological polar surface area (TPSA) is 67.4 Å². The van der Waals surface area contributed by atoms with Crippen LogP contribution in [0, 0.1) is 0 Å². The summed E-state index contributed by atoms with van der Waals surface area (Å²) in [5.41, 5.74) is 0. The Morgan fingerprint density at radius 2 is 2.16 bits per heavy atom. The van der Waals surface area contributed by atoms with Gasteiger partial charge in [0, 0.05) is 11.4 Å². The lowest BCUT2D eigenvalue weighted by Crippen LogP contribution is -2.42. The fourth-order valence-electron chi connectivity index (χ4n) is 1.81. The number of benzene rings is 1. The molecule has 102 valence electrons. The molecule has 0 radical (unpaired) electrons. The zero-order valence-electron chi connectivity index (χ0n) is 10.3. The molecule has 19 heavy (non-hydrogen) atoms. The van der Waals surface area contributed by atoms with Gasteiger partial charge in [-0.25, -0.2) is 0 Å². The highest BCUT2D eigenvalue weighted by atomic mass is 35.5. The lowest BCUT2D eigenvalue weighted by atomic mass is 10.2. The first-order chi connectivity index (χ1) is 9.15. The normalized spacial score (nSPS) is 17.9. The maximum Gasteiger partial charge on any atom is 0.242 e. The average Bonchev–Trinajstić information content (AvgIpc) is 2.83. The number of rotatable bonds is 5. The second kappa shape index (κ2) is 6.43. The smallest absolute Gasteiger partial charge is 0.242 e. The lowest BCUT2D eigenvalue weighted by molar-refractivity contribution is -0.125. The van der Waals surface area contributed by atoms with Crippen molar-refractivity contribution in [2.75, 3.05) is 13.2 Å². The Labute approximate surface area is 116 Å². The van der Waals surface area contributed by atoms with Gasteiger partial charge in [0.05, 0.1) is 6.54 Å². The number of amides is 2. The van der Waals surface area contributed by atoms with E-state index in [1.54, 1.807) is 24.3 Å². The summed E-state index contributed by atoms with van der Waals surface area (Å²) in [4.78, 5) is 22.6. The van der Waals surface area contributed by atoms with E-state index in [1.807, 2.05) is 0 Å². The SMILES string of the molecule is O=C1CC[C@H](C(=O)NCCOc2ccc(Cl)cc2)N1. The van der Waals surface area contributed by atoms with Crippen LogP contribution in [0.4, 0.5) is 0 Å². The molecule has 0 saturated carbocycles. The number of hydrogen-bond acceptors (Lipinski definition) is 3. The zero-order valence-corrected chi connectivity index (χ0v) is 11.1. The molecular formula is C13H15ClN2O3. The van der Waals surface area contributed by atoms with Gasteiger partial charge in [0.15, 0.2) is 0 Å². The highest BCUT2D eigenvalue weighted by Crippen LogP contribution is 2.15. The van der Waals surface area contributed by atoms with E-state index in [2.05, 4.69) is 10.6 Å². The van der Waals surface area contributed by atoms with Crippen LogP contribution >= 0.6 is 11.6 Å². The van der Waals surface area contributed by atoms with Gasteiger partial charge in [0.2, 0.25) is 11.8 Å². The number of carbonyl (C=O) groups excluding carboxylic acids is 2. The molecule has 0 aromatic heterocycles. The number of nitrogens with one attached hydrogen (secondary N) is 2. The van der Waals surface area contributed by atoms with Gasteiger partial charge in [-0.2, -0.15) is 0 Å².